The normalized spacial score (nSPS) is 10.8. The standard InChI is InChI=1S/C16H12F2N2O/c17-12-4-3-10(8-13(12)18)9-21-15-6-5-14(19)16-11(15)2-1-7-20-16/h1-8H,9,19H2. The molecule has 0 atom stereocenters. The number of halogens is 2. The summed E-state index contributed by atoms with van der Waals surface area (Å²) in [6, 6.07) is 10.8. The van der Waals surface area contributed by atoms with E-state index in [1.807, 2.05) is 6.07 Å². The zero-order valence-electron chi connectivity index (χ0n) is 11.0. The molecule has 0 aliphatic carbocycles. The Morgan fingerprint density at radius 3 is 2.71 bits per heavy atom. The Morgan fingerprint density at radius 1 is 1.05 bits per heavy atom. The van der Waals surface area contributed by atoms with Crippen molar-refractivity contribution in [3.63, 3.8) is 0 Å². The number of nitrogen functional groups attached to an aromatic ring is 1. The van der Waals surface area contributed by atoms with Gasteiger partial charge in [-0.25, -0.2) is 8.78 Å². The van der Waals surface area contributed by atoms with Crippen molar-refractivity contribution in [2.75, 3.05) is 5.73 Å². The summed E-state index contributed by atoms with van der Waals surface area (Å²) in [5, 5.41) is 0.778. The van der Waals surface area contributed by atoms with Gasteiger partial charge in [0.2, 0.25) is 0 Å². The van der Waals surface area contributed by atoms with E-state index >= 15 is 0 Å². The third-order valence-electron chi connectivity index (χ3n) is 3.14. The first-order valence-corrected chi connectivity index (χ1v) is 6.35. The number of ether oxygens (including phenoxy) is 1. The van der Waals surface area contributed by atoms with Gasteiger partial charge in [0.1, 0.15) is 12.4 Å². The minimum absolute atomic E-state index is 0.130. The molecule has 5 heteroatoms. The highest BCUT2D eigenvalue weighted by Gasteiger charge is 2.07. The highest BCUT2D eigenvalue weighted by molar-refractivity contribution is 5.93. The molecule has 0 aliphatic rings. The molecular formula is C16H12F2N2O. The lowest BCUT2D eigenvalue weighted by Gasteiger charge is -2.10. The fourth-order valence-electron chi connectivity index (χ4n) is 2.08. The van der Waals surface area contributed by atoms with Crippen molar-refractivity contribution in [3.05, 3.63) is 65.9 Å². The van der Waals surface area contributed by atoms with Gasteiger partial charge in [0.15, 0.2) is 11.6 Å². The average Bonchev–Trinajstić information content (AvgIpc) is 2.50. The van der Waals surface area contributed by atoms with Crippen LogP contribution in [0.1, 0.15) is 5.56 Å². The zero-order chi connectivity index (χ0) is 14.8. The van der Waals surface area contributed by atoms with Crippen LogP contribution in [0, 0.1) is 11.6 Å². The average molecular weight is 286 g/mol. The molecule has 3 nitrogen and oxygen atoms in total. The van der Waals surface area contributed by atoms with Gasteiger partial charge in [-0.05, 0) is 42.0 Å². The molecule has 0 amide bonds. The fourth-order valence-corrected chi connectivity index (χ4v) is 2.08. The van der Waals surface area contributed by atoms with Gasteiger partial charge in [0.25, 0.3) is 0 Å². The van der Waals surface area contributed by atoms with E-state index in [2.05, 4.69) is 4.98 Å². The van der Waals surface area contributed by atoms with Gasteiger partial charge in [-0.1, -0.05) is 6.07 Å². The Hall–Kier alpha value is -2.69. The number of hydrogen-bond acceptors (Lipinski definition) is 3. The lowest BCUT2D eigenvalue weighted by Crippen LogP contribution is -1.99. The van der Waals surface area contributed by atoms with Gasteiger partial charge in [0, 0.05) is 11.6 Å². The molecule has 0 radical (unpaired) electrons. The van der Waals surface area contributed by atoms with Gasteiger partial charge < -0.3 is 10.5 Å². The summed E-state index contributed by atoms with van der Waals surface area (Å²) in [6.45, 7) is 0.130. The number of pyridine rings is 1. The largest absolute Gasteiger partial charge is 0.488 e. The predicted octanol–water partition coefficient (Wildman–Crippen LogP) is 3.67. The van der Waals surface area contributed by atoms with Crippen molar-refractivity contribution >= 4 is 16.6 Å². The van der Waals surface area contributed by atoms with E-state index in [0.717, 1.165) is 17.5 Å². The number of benzene rings is 2. The summed E-state index contributed by atoms with van der Waals surface area (Å²) in [5.41, 5.74) is 7.62. The first-order valence-electron chi connectivity index (χ1n) is 6.35. The van der Waals surface area contributed by atoms with Crippen LogP contribution in [0.15, 0.2) is 48.7 Å². The SMILES string of the molecule is Nc1ccc(OCc2ccc(F)c(F)c2)c2cccnc12. The smallest absolute Gasteiger partial charge is 0.159 e. The molecule has 106 valence electrons. The van der Waals surface area contributed by atoms with Crippen molar-refractivity contribution < 1.29 is 13.5 Å². The summed E-state index contributed by atoms with van der Waals surface area (Å²) in [4.78, 5) is 4.21. The maximum absolute atomic E-state index is 13.2. The molecule has 1 heterocycles. The zero-order valence-corrected chi connectivity index (χ0v) is 11.0. The second-order valence-electron chi connectivity index (χ2n) is 4.59. The minimum Gasteiger partial charge on any atom is -0.488 e. The Morgan fingerprint density at radius 2 is 1.90 bits per heavy atom. The second-order valence-corrected chi connectivity index (χ2v) is 4.59. The number of anilines is 1. The number of nitrogens with two attached hydrogens (primary N) is 1. The van der Waals surface area contributed by atoms with Crippen LogP contribution < -0.4 is 10.5 Å². The van der Waals surface area contributed by atoms with Crippen molar-refractivity contribution in [2.24, 2.45) is 0 Å². The van der Waals surface area contributed by atoms with Crippen LogP contribution in [-0.4, -0.2) is 4.98 Å². The van der Waals surface area contributed by atoms with Crippen LogP contribution >= 0.6 is 0 Å². The summed E-state index contributed by atoms with van der Waals surface area (Å²) in [6.07, 6.45) is 1.65. The summed E-state index contributed by atoms with van der Waals surface area (Å²) >= 11 is 0. The van der Waals surface area contributed by atoms with E-state index in [0.29, 0.717) is 22.5 Å². The summed E-state index contributed by atoms with van der Waals surface area (Å²) in [7, 11) is 0. The molecular weight excluding hydrogens is 274 g/mol. The number of fused-ring (bicyclic) bond motifs is 1. The van der Waals surface area contributed by atoms with Crippen molar-refractivity contribution in [3.8, 4) is 5.75 Å². The molecule has 0 unspecified atom stereocenters. The van der Waals surface area contributed by atoms with Gasteiger partial charge >= 0.3 is 0 Å². The van der Waals surface area contributed by atoms with E-state index < -0.39 is 11.6 Å². The van der Waals surface area contributed by atoms with Gasteiger partial charge in [-0.15, -0.1) is 0 Å². The van der Waals surface area contributed by atoms with Gasteiger partial charge in [0.05, 0.1) is 11.2 Å². The molecule has 0 saturated carbocycles. The Kier molecular flexibility index (Phi) is 3.39. The first-order chi connectivity index (χ1) is 10.1. The third-order valence-corrected chi connectivity index (χ3v) is 3.14. The molecule has 0 bridgehead atoms. The van der Waals surface area contributed by atoms with Crippen LogP contribution in [0.2, 0.25) is 0 Å². The number of aromatic nitrogens is 1. The predicted molar refractivity (Wildman–Crippen MR) is 76.8 cm³/mol. The molecule has 2 N–H and O–H groups in total. The highest BCUT2D eigenvalue weighted by Crippen LogP contribution is 2.28. The maximum Gasteiger partial charge on any atom is 0.159 e. The first kappa shape index (κ1) is 13.3. The second kappa shape index (κ2) is 5.36. The van der Waals surface area contributed by atoms with Crippen LogP contribution in [0.4, 0.5) is 14.5 Å². The van der Waals surface area contributed by atoms with E-state index in [9.17, 15) is 8.78 Å². The summed E-state index contributed by atoms with van der Waals surface area (Å²) in [5.74, 6) is -1.17. The van der Waals surface area contributed by atoms with Crippen LogP contribution in [0.25, 0.3) is 10.9 Å². The molecule has 3 rings (SSSR count). The molecule has 0 saturated heterocycles. The highest BCUT2D eigenvalue weighted by atomic mass is 19.2. The molecule has 0 spiro atoms. The number of nitrogens with zero attached hydrogens (tertiary/aromatic N) is 1. The number of hydrogen-bond donors (Lipinski definition) is 1. The quantitative estimate of drug-likeness (QED) is 0.747. The summed E-state index contributed by atoms with van der Waals surface area (Å²) < 4.78 is 31.7. The van der Waals surface area contributed by atoms with Crippen LogP contribution in [-0.2, 0) is 6.61 Å². The van der Waals surface area contributed by atoms with Crippen molar-refractivity contribution in [1.29, 1.82) is 0 Å². The van der Waals surface area contributed by atoms with Gasteiger partial charge in [-0.2, -0.15) is 0 Å². The molecule has 3 aromatic rings. The Balaban J connectivity index is 1.88. The molecule has 2 aromatic carbocycles. The Labute approximate surface area is 120 Å². The lowest BCUT2D eigenvalue weighted by molar-refractivity contribution is 0.309. The molecule has 21 heavy (non-hydrogen) atoms. The van der Waals surface area contributed by atoms with E-state index in [1.54, 1.807) is 24.4 Å². The third kappa shape index (κ3) is 2.63. The van der Waals surface area contributed by atoms with Crippen LogP contribution in [0.5, 0.6) is 5.75 Å². The van der Waals surface area contributed by atoms with Gasteiger partial charge in [-0.3, -0.25) is 4.98 Å². The molecule has 0 fully saturated rings. The maximum atomic E-state index is 13.2. The monoisotopic (exact) mass is 286 g/mol. The number of rotatable bonds is 3. The Bertz CT molecular complexity index is 805. The molecule has 1 aromatic heterocycles. The topological polar surface area (TPSA) is 48.1 Å². The lowest BCUT2D eigenvalue weighted by atomic mass is 10.1. The van der Waals surface area contributed by atoms with Crippen molar-refractivity contribution in [1.82, 2.24) is 4.98 Å². The van der Waals surface area contributed by atoms with Crippen LogP contribution in [0.3, 0.4) is 0 Å². The molecule has 0 aliphatic heterocycles. The minimum atomic E-state index is -0.889. The fraction of sp³-hybridized carbons (Fsp3) is 0.0625. The van der Waals surface area contributed by atoms with E-state index in [1.165, 1.54) is 6.07 Å². The van der Waals surface area contributed by atoms with E-state index in [4.69, 9.17) is 10.5 Å². The van der Waals surface area contributed by atoms with E-state index in [-0.39, 0.29) is 6.61 Å². The van der Waals surface area contributed by atoms with Crippen molar-refractivity contribution in [2.45, 2.75) is 6.61 Å².